The zero-order valence-electron chi connectivity index (χ0n) is 12.3. The predicted molar refractivity (Wildman–Crippen MR) is 75.4 cm³/mol. The molecule has 0 unspecified atom stereocenters. The molecule has 3 amide bonds. The summed E-state index contributed by atoms with van der Waals surface area (Å²) in [5.74, 6) is -2.19. The number of carbonyl (C=O) groups excluding carboxylic acids is 3. The molecular weight excluding hydrogens is 333 g/mol. The van der Waals surface area contributed by atoms with E-state index in [9.17, 15) is 27.6 Å². The zero-order valence-corrected chi connectivity index (χ0v) is 12.3. The van der Waals surface area contributed by atoms with E-state index in [2.05, 4.69) is 4.74 Å². The van der Waals surface area contributed by atoms with Crippen LogP contribution in [0.25, 0.3) is 6.08 Å². The number of hydrogen-bond acceptors (Lipinski definition) is 5. The number of urea groups is 1. The fraction of sp³-hybridized carbons (Fsp3) is 0.214. The SMILES string of the molecule is C[C@H](OC(=O)/C=C/c1ccc(OC(F)(F)F)cc1)C(=O)NC(N)=O. The molecule has 0 aliphatic rings. The van der Waals surface area contributed by atoms with Crippen LogP contribution in [0.15, 0.2) is 30.3 Å². The maximum Gasteiger partial charge on any atom is 0.573 e. The van der Waals surface area contributed by atoms with E-state index in [1.165, 1.54) is 25.1 Å². The largest absolute Gasteiger partial charge is 0.573 e. The number of rotatable bonds is 5. The molecule has 10 heteroatoms. The summed E-state index contributed by atoms with van der Waals surface area (Å²) in [6, 6.07) is 3.63. The second-order valence-corrected chi connectivity index (χ2v) is 4.38. The number of primary amides is 1. The molecule has 0 aromatic heterocycles. The summed E-state index contributed by atoms with van der Waals surface area (Å²) >= 11 is 0. The van der Waals surface area contributed by atoms with E-state index in [1.54, 1.807) is 5.32 Å². The number of amides is 3. The van der Waals surface area contributed by atoms with E-state index in [1.807, 2.05) is 0 Å². The fourth-order valence-corrected chi connectivity index (χ4v) is 1.43. The molecule has 0 saturated carbocycles. The molecule has 0 aliphatic heterocycles. The highest BCUT2D eigenvalue weighted by atomic mass is 19.4. The first-order valence-corrected chi connectivity index (χ1v) is 6.41. The van der Waals surface area contributed by atoms with Crippen LogP contribution >= 0.6 is 0 Å². The van der Waals surface area contributed by atoms with Crippen molar-refractivity contribution in [3.63, 3.8) is 0 Å². The number of benzene rings is 1. The molecule has 0 fully saturated rings. The van der Waals surface area contributed by atoms with Gasteiger partial charge in [-0.3, -0.25) is 10.1 Å². The Bertz CT molecular complexity index is 641. The molecule has 3 N–H and O–H groups in total. The monoisotopic (exact) mass is 346 g/mol. The molecule has 0 aliphatic carbocycles. The zero-order chi connectivity index (χ0) is 18.3. The molecule has 1 rings (SSSR count). The highest BCUT2D eigenvalue weighted by Crippen LogP contribution is 2.22. The third-order valence-electron chi connectivity index (χ3n) is 2.43. The standard InChI is InChI=1S/C14H13F3N2O5/c1-8(12(21)19-13(18)22)23-11(20)7-4-9-2-5-10(6-3-9)24-14(15,16)17/h2-8H,1H3,(H3,18,19,21,22)/b7-4+/t8-/m0/s1. The molecule has 1 aromatic carbocycles. The Morgan fingerprint density at radius 1 is 1.21 bits per heavy atom. The minimum atomic E-state index is -4.79. The molecule has 0 spiro atoms. The summed E-state index contributed by atoms with van der Waals surface area (Å²) in [5.41, 5.74) is 5.14. The van der Waals surface area contributed by atoms with Crippen LogP contribution in [0.2, 0.25) is 0 Å². The van der Waals surface area contributed by atoms with Gasteiger partial charge in [0.25, 0.3) is 5.91 Å². The van der Waals surface area contributed by atoms with Gasteiger partial charge >= 0.3 is 18.4 Å². The van der Waals surface area contributed by atoms with Gasteiger partial charge in [-0.2, -0.15) is 0 Å². The Balaban J connectivity index is 2.57. The Hall–Kier alpha value is -3.04. The van der Waals surface area contributed by atoms with Gasteiger partial charge in [-0.15, -0.1) is 13.2 Å². The third kappa shape index (κ3) is 7.29. The van der Waals surface area contributed by atoms with E-state index >= 15 is 0 Å². The van der Waals surface area contributed by atoms with E-state index in [0.29, 0.717) is 5.56 Å². The highest BCUT2D eigenvalue weighted by Gasteiger charge is 2.30. The van der Waals surface area contributed by atoms with Gasteiger partial charge in [0, 0.05) is 6.08 Å². The molecule has 0 saturated heterocycles. The number of hydrogen-bond donors (Lipinski definition) is 2. The summed E-state index contributed by atoms with van der Waals surface area (Å²) in [4.78, 5) is 33.3. The van der Waals surface area contributed by atoms with Crippen molar-refractivity contribution >= 4 is 24.0 Å². The lowest BCUT2D eigenvalue weighted by Gasteiger charge is -2.10. The first-order chi connectivity index (χ1) is 11.1. The van der Waals surface area contributed by atoms with E-state index < -0.39 is 36.1 Å². The number of halogens is 3. The number of imide groups is 1. The topological polar surface area (TPSA) is 108 Å². The van der Waals surface area contributed by atoms with Crippen molar-refractivity contribution < 1.29 is 37.0 Å². The Labute approximate surface area is 134 Å². The quantitative estimate of drug-likeness (QED) is 0.623. The van der Waals surface area contributed by atoms with Crippen LogP contribution in [0.3, 0.4) is 0 Å². The molecule has 130 valence electrons. The summed E-state index contributed by atoms with van der Waals surface area (Å²) in [5, 5.41) is 1.74. The van der Waals surface area contributed by atoms with E-state index in [-0.39, 0.29) is 0 Å². The van der Waals surface area contributed by atoms with Crippen LogP contribution in [0.1, 0.15) is 12.5 Å². The van der Waals surface area contributed by atoms with Crippen molar-refractivity contribution in [2.45, 2.75) is 19.4 Å². The number of ether oxygens (including phenoxy) is 2. The van der Waals surface area contributed by atoms with Crippen molar-refractivity contribution in [3.05, 3.63) is 35.9 Å². The second-order valence-electron chi connectivity index (χ2n) is 4.38. The van der Waals surface area contributed by atoms with Gasteiger partial charge in [-0.1, -0.05) is 12.1 Å². The third-order valence-corrected chi connectivity index (χ3v) is 2.43. The van der Waals surface area contributed by atoms with Crippen LogP contribution in [0.5, 0.6) is 5.75 Å². The second kappa shape index (κ2) is 7.99. The minimum Gasteiger partial charge on any atom is -0.449 e. The molecule has 0 radical (unpaired) electrons. The number of carbonyl (C=O) groups is 3. The van der Waals surface area contributed by atoms with E-state index in [0.717, 1.165) is 18.2 Å². The Morgan fingerprint density at radius 3 is 2.29 bits per heavy atom. The van der Waals surface area contributed by atoms with Crippen LogP contribution in [0.4, 0.5) is 18.0 Å². The van der Waals surface area contributed by atoms with Crippen LogP contribution in [-0.4, -0.2) is 30.4 Å². The first kappa shape index (κ1) is 19.0. The molecule has 0 heterocycles. The lowest BCUT2D eigenvalue weighted by atomic mass is 10.2. The van der Waals surface area contributed by atoms with Gasteiger partial charge < -0.3 is 15.2 Å². The van der Waals surface area contributed by atoms with E-state index in [4.69, 9.17) is 10.5 Å². The average Bonchev–Trinajstić information content (AvgIpc) is 2.44. The maximum absolute atomic E-state index is 12.0. The van der Waals surface area contributed by atoms with Gasteiger partial charge in [0.15, 0.2) is 6.10 Å². The van der Waals surface area contributed by atoms with Gasteiger partial charge in [-0.25, -0.2) is 9.59 Å². The molecule has 1 aromatic rings. The number of alkyl halides is 3. The van der Waals surface area contributed by atoms with Gasteiger partial charge in [0.2, 0.25) is 0 Å². The number of esters is 1. The molecule has 7 nitrogen and oxygen atoms in total. The number of nitrogens with one attached hydrogen (secondary N) is 1. The normalized spacial score (nSPS) is 12.5. The van der Waals surface area contributed by atoms with Crippen molar-refractivity contribution in [1.82, 2.24) is 5.32 Å². The molecule has 24 heavy (non-hydrogen) atoms. The van der Waals surface area contributed by atoms with Gasteiger partial charge in [0.1, 0.15) is 5.75 Å². The van der Waals surface area contributed by atoms with Crippen molar-refractivity contribution in [2.75, 3.05) is 0 Å². The molecule has 1 atom stereocenters. The van der Waals surface area contributed by atoms with Crippen LogP contribution in [-0.2, 0) is 14.3 Å². The fourth-order valence-electron chi connectivity index (χ4n) is 1.43. The smallest absolute Gasteiger partial charge is 0.449 e. The Kier molecular flexibility index (Phi) is 6.33. The minimum absolute atomic E-state index is 0.399. The Morgan fingerprint density at radius 2 is 1.79 bits per heavy atom. The predicted octanol–water partition coefficient (Wildman–Crippen LogP) is 1.72. The maximum atomic E-state index is 12.0. The number of nitrogens with two attached hydrogens (primary N) is 1. The summed E-state index contributed by atoms with van der Waals surface area (Å²) in [6.07, 6.45) is -3.81. The molecular formula is C14H13F3N2O5. The lowest BCUT2D eigenvalue weighted by molar-refractivity contribution is -0.274. The van der Waals surface area contributed by atoms with Gasteiger partial charge in [0.05, 0.1) is 0 Å². The molecule has 0 bridgehead atoms. The lowest BCUT2D eigenvalue weighted by Crippen LogP contribution is -2.42. The highest BCUT2D eigenvalue weighted by molar-refractivity contribution is 5.97. The van der Waals surface area contributed by atoms with Crippen molar-refractivity contribution in [1.29, 1.82) is 0 Å². The summed E-state index contributed by atoms with van der Waals surface area (Å²) in [7, 11) is 0. The van der Waals surface area contributed by atoms with Crippen LogP contribution < -0.4 is 15.8 Å². The van der Waals surface area contributed by atoms with Crippen molar-refractivity contribution in [2.24, 2.45) is 5.73 Å². The van der Waals surface area contributed by atoms with Crippen LogP contribution in [0, 0.1) is 0 Å². The first-order valence-electron chi connectivity index (χ1n) is 6.41. The van der Waals surface area contributed by atoms with Crippen molar-refractivity contribution in [3.8, 4) is 5.75 Å². The average molecular weight is 346 g/mol. The summed E-state index contributed by atoms with van der Waals surface area (Å²) < 4.78 is 44.4. The summed E-state index contributed by atoms with van der Waals surface area (Å²) in [6.45, 7) is 1.23. The van der Waals surface area contributed by atoms with Gasteiger partial charge in [-0.05, 0) is 30.7 Å².